The molecule has 1 aromatic heterocycles. The first-order valence-electron chi connectivity index (χ1n) is 5.26. The second-order valence-electron chi connectivity index (χ2n) is 3.58. The Kier molecular flexibility index (Phi) is 3.52. The van der Waals surface area contributed by atoms with Crippen LogP contribution >= 0.6 is 0 Å². The summed E-state index contributed by atoms with van der Waals surface area (Å²) >= 11 is 0. The standard InChI is InChI=1S/C12H13N3O2/c16-7-11(9-4-2-1-3-5-9)15-12(17)10-6-13-8-14-10/h1-6,8,11,16H,7H2,(H,13,14)(H,15,17). The molecule has 0 saturated carbocycles. The van der Waals surface area contributed by atoms with Gasteiger partial charge >= 0.3 is 0 Å². The number of hydrogen-bond acceptors (Lipinski definition) is 3. The molecule has 3 N–H and O–H groups in total. The lowest BCUT2D eigenvalue weighted by atomic mass is 10.1. The molecule has 1 heterocycles. The minimum absolute atomic E-state index is 0.149. The van der Waals surface area contributed by atoms with Crippen molar-refractivity contribution in [1.82, 2.24) is 15.3 Å². The third-order valence-corrected chi connectivity index (χ3v) is 2.43. The van der Waals surface area contributed by atoms with Crippen molar-refractivity contribution < 1.29 is 9.90 Å². The van der Waals surface area contributed by atoms with Crippen molar-refractivity contribution in [1.29, 1.82) is 0 Å². The molecule has 0 aliphatic rings. The topological polar surface area (TPSA) is 78.0 Å². The summed E-state index contributed by atoms with van der Waals surface area (Å²) in [6, 6.07) is 8.91. The molecule has 1 amide bonds. The summed E-state index contributed by atoms with van der Waals surface area (Å²) in [5.41, 5.74) is 1.24. The fourth-order valence-electron chi connectivity index (χ4n) is 1.54. The molecule has 0 aliphatic carbocycles. The number of aliphatic hydroxyl groups is 1. The highest BCUT2D eigenvalue weighted by molar-refractivity contribution is 5.92. The molecule has 1 unspecified atom stereocenters. The molecule has 17 heavy (non-hydrogen) atoms. The summed E-state index contributed by atoms with van der Waals surface area (Å²) in [4.78, 5) is 18.2. The molecule has 0 aliphatic heterocycles. The Morgan fingerprint density at radius 2 is 2.18 bits per heavy atom. The maximum atomic E-state index is 11.8. The van der Waals surface area contributed by atoms with Crippen molar-refractivity contribution in [3.63, 3.8) is 0 Å². The largest absolute Gasteiger partial charge is 0.394 e. The highest BCUT2D eigenvalue weighted by atomic mass is 16.3. The SMILES string of the molecule is O=C(NC(CO)c1ccccc1)c1cnc[nH]1. The number of H-pyrrole nitrogens is 1. The third kappa shape index (κ3) is 2.70. The van der Waals surface area contributed by atoms with Crippen LogP contribution in [0.15, 0.2) is 42.9 Å². The number of aliphatic hydroxyl groups excluding tert-OH is 1. The summed E-state index contributed by atoms with van der Waals surface area (Å²) in [6.45, 7) is -0.149. The zero-order valence-corrected chi connectivity index (χ0v) is 9.13. The molecular weight excluding hydrogens is 218 g/mol. The van der Waals surface area contributed by atoms with Crippen LogP contribution < -0.4 is 5.32 Å². The van der Waals surface area contributed by atoms with E-state index < -0.39 is 6.04 Å². The normalized spacial score (nSPS) is 12.1. The second kappa shape index (κ2) is 5.27. The lowest BCUT2D eigenvalue weighted by molar-refractivity contribution is 0.0911. The summed E-state index contributed by atoms with van der Waals surface area (Å²) < 4.78 is 0. The summed E-state index contributed by atoms with van der Waals surface area (Å²) in [5.74, 6) is -0.287. The number of nitrogens with one attached hydrogen (secondary N) is 2. The van der Waals surface area contributed by atoms with Crippen molar-refractivity contribution in [3.8, 4) is 0 Å². The highest BCUT2D eigenvalue weighted by Crippen LogP contribution is 2.12. The Hall–Kier alpha value is -2.14. The average Bonchev–Trinajstić information content (AvgIpc) is 2.90. The van der Waals surface area contributed by atoms with Crippen LogP contribution in [0.5, 0.6) is 0 Å². The van der Waals surface area contributed by atoms with Gasteiger partial charge < -0.3 is 15.4 Å². The zero-order valence-electron chi connectivity index (χ0n) is 9.13. The van der Waals surface area contributed by atoms with Crippen LogP contribution in [-0.4, -0.2) is 27.6 Å². The molecule has 2 aromatic rings. The highest BCUT2D eigenvalue weighted by Gasteiger charge is 2.15. The fourth-order valence-corrected chi connectivity index (χ4v) is 1.54. The smallest absolute Gasteiger partial charge is 0.269 e. The number of carbonyl (C=O) groups excluding carboxylic acids is 1. The van der Waals surface area contributed by atoms with Gasteiger partial charge in [0.2, 0.25) is 0 Å². The number of imidazole rings is 1. The molecule has 5 heteroatoms. The molecule has 0 radical (unpaired) electrons. The fraction of sp³-hybridized carbons (Fsp3) is 0.167. The lowest BCUT2D eigenvalue weighted by Gasteiger charge is -2.15. The van der Waals surface area contributed by atoms with Gasteiger partial charge in [-0.1, -0.05) is 30.3 Å². The number of amides is 1. The van der Waals surface area contributed by atoms with Gasteiger partial charge in [0.1, 0.15) is 5.69 Å². The van der Waals surface area contributed by atoms with E-state index in [-0.39, 0.29) is 12.5 Å². The Morgan fingerprint density at radius 1 is 1.41 bits per heavy atom. The van der Waals surface area contributed by atoms with E-state index in [2.05, 4.69) is 15.3 Å². The number of hydrogen-bond donors (Lipinski definition) is 3. The maximum Gasteiger partial charge on any atom is 0.269 e. The summed E-state index contributed by atoms with van der Waals surface area (Å²) in [5, 5.41) is 12.0. The molecule has 5 nitrogen and oxygen atoms in total. The number of nitrogens with zero attached hydrogens (tertiary/aromatic N) is 1. The number of aromatic amines is 1. The van der Waals surface area contributed by atoms with Gasteiger partial charge in [0, 0.05) is 0 Å². The van der Waals surface area contributed by atoms with Gasteiger partial charge in [-0.25, -0.2) is 4.98 Å². The predicted octanol–water partition coefficient (Wildman–Crippen LogP) is 0.873. The molecule has 88 valence electrons. The first kappa shape index (κ1) is 11.3. The van der Waals surface area contributed by atoms with Gasteiger partial charge in [-0.15, -0.1) is 0 Å². The van der Waals surface area contributed by atoms with Crippen LogP contribution in [0, 0.1) is 0 Å². The van der Waals surface area contributed by atoms with Gasteiger partial charge in [-0.2, -0.15) is 0 Å². The van der Waals surface area contributed by atoms with Crippen LogP contribution in [0.25, 0.3) is 0 Å². The molecule has 1 atom stereocenters. The van der Waals surface area contributed by atoms with E-state index in [0.717, 1.165) is 5.56 Å². The number of carbonyl (C=O) groups is 1. The quantitative estimate of drug-likeness (QED) is 0.730. The zero-order chi connectivity index (χ0) is 12.1. The molecule has 0 saturated heterocycles. The lowest BCUT2D eigenvalue weighted by Crippen LogP contribution is -2.30. The molecular formula is C12H13N3O2. The van der Waals surface area contributed by atoms with Crippen LogP contribution in [0.4, 0.5) is 0 Å². The van der Waals surface area contributed by atoms with Crippen molar-refractivity contribution in [2.75, 3.05) is 6.61 Å². The minimum Gasteiger partial charge on any atom is -0.394 e. The van der Waals surface area contributed by atoms with Crippen LogP contribution in [0.1, 0.15) is 22.1 Å². The molecule has 1 aromatic carbocycles. The van der Waals surface area contributed by atoms with E-state index in [1.807, 2.05) is 30.3 Å². The van der Waals surface area contributed by atoms with Crippen molar-refractivity contribution in [2.45, 2.75) is 6.04 Å². The Balaban J connectivity index is 2.09. The van der Waals surface area contributed by atoms with E-state index in [1.54, 1.807) is 0 Å². The first-order valence-corrected chi connectivity index (χ1v) is 5.26. The van der Waals surface area contributed by atoms with Gasteiger partial charge in [-0.3, -0.25) is 4.79 Å². The average molecular weight is 231 g/mol. The van der Waals surface area contributed by atoms with Crippen LogP contribution in [0.3, 0.4) is 0 Å². The number of benzene rings is 1. The van der Waals surface area contributed by atoms with Gasteiger partial charge in [0.05, 0.1) is 25.2 Å². The molecule has 2 rings (SSSR count). The molecule has 0 spiro atoms. The van der Waals surface area contributed by atoms with Crippen LogP contribution in [-0.2, 0) is 0 Å². The number of aromatic nitrogens is 2. The van der Waals surface area contributed by atoms with E-state index >= 15 is 0 Å². The first-order chi connectivity index (χ1) is 8.31. The monoisotopic (exact) mass is 231 g/mol. The van der Waals surface area contributed by atoms with E-state index in [0.29, 0.717) is 5.69 Å². The maximum absolute atomic E-state index is 11.8. The van der Waals surface area contributed by atoms with E-state index in [9.17, 15) is 9.90 Å². The Labute approximate surface area is 98.5 Å². The second-order valence-corrected chi connectivity index (χ2v) is 3.58. The van der Waals surface area contributed by atoms with Crippen LogP contribution in [0.2, 0.25) is 0 Å². The predicted molar refractivity (Wildman–Crippen MR) is 62.3 cm³/mol. The van der Waals surface area contributed by atoms with Crippen molar-refractivity contribution >= 4 is 5.91 Å². The Morgan fingerprint density at radius 3 is 2.76 bits per heavy atom. The van der Waals surface area contributed by atoms with E-state index in [1.165, 1.54) is 12.5 Å². The molecule has 0 bridgehead atoms. The summed E-state index contributed by atoms with van der Waals surface area (Å²) in [7, 11) is 0. The van der Waals surface area contributed by atoms with Gasteiger partial charge in [0.25, 0.3) is 5.91 Å². The summed E-state index contributed by atoms with van der Waals surface area (Å²) in [6.07, 6.45) is 2.88. The number of rotatable bonds is 4. The van der Waals surface area contributed by atoms with Crippen molar-refractivity contribution in [3.05, 3.63) is 54.1 Å². The van der Waals surface area contributed by atoms with Gasteiger partial charge in [0.15, 0.2) is 0 Å². The van der Waals surface area contributed by atoms with Crippen molar-refractivity contribution in [2.24, 2.45) is 0 Å². The molecule has 0 fully saturated rings. The third-order valence-electron chi connectivity index (χ3n) is 2.43. The van der Waals surface area contributed by atoms with E-state index in [4.69, 9.17) is 0 Å². The minimum atomic E-state index is -0.410. The van der Waals surface area contributed by atoms with Gasteiger partial charge in [-0.05, 0) is 5.56 Å². The Bertz CT molecular complexity index is 468.